The van der Waals surface area contributed by atoms with Crippen LogP contribution >= 0.6 is 0 Å². The van der Waals surface area contributed by atoms with Crippen molar-refractivity contribution in [1.82, 2.24) is 9.21 Å². The molecule has 1 aromatic rings. The first-order valence-corrected chi connectivity index (χ1v) is 11.3. The van der Waals surface area contributed by atoms with Crippen molar-refractivity contribution < 1.29 is 17.9 Å². The third kappa shape index (κ3) is 4.36. The van der Waals surface area contributed by atoms with Gasteiger partial charge in [-0.2, -0.15) is 4.31 Å². The molecule has 2 aliphatic rings. The zero-order chi connectivity index (χ0) is 19.6. The monoisotopic (exact) mass is 394 g/mol. The van der Waals surface area contributed by atoms with Gasteiger partial charge in [-0.15, -0.1) is 0 Å². The molecular formula is C20H30N2O4S. The Morgan fingerprint density at radius 2 is 1.89 bits per heavy atom. The van der Waals surface area contributed by atoms with Crippen molar-refractivity contribution in [2.75, 3.05) is 32.8 Å². The molecule has 0 radical (unpaired) electrons. The van der Waals surface area contributed by atoms with E-state index < -0.39 is 10.0 Å². The van der Waals surface area contributed by atoms with E-state index in [-0.39, 0.29) is 16.8 Å². The second-order valence-corrected chi connectivity index (χ2v) is 9.42. The van der Waals surface area contributed by atoms with E-state index in [1.54, 1.807) is 18.2 Å². The molecule has 27 heavy (non-hydrogen) atoms. The molecule has 1 atom stereocenters. The molecule has 0 spiro atoms. The molecule has 3 rings (SSSR count). The van der Waals surface area contributed by atoms with Gasteiger partial charge in [0.1, 0.15) is 0 Å². The molecule has 1 amide bonds. The largest absolute Gasteiger partial charge is 0.381 e. The molecule has 1 saturated heterocycles. The summed E-state index contributed by atoms with van der Waals surface area (Å²) >= 11 is 0. The maximum atomic E-state index is 13.3. The Hall–Kier alpha value is -1.44. The van der Waals surface area contributed by atoms with Gasteiger partial charge >= 0.3 is 0 Å². The lowest BCUT2D eigenvalue weighted by molar-refractivity contribution is 0.0705. The predicted octanol–water partition coefficient (Wildman–Crippen LogP) is 2.67. The van der Waals surface area contributed by atoms with E-state index in [1.165, 1.54) is 4.31 Å². The smallest absolute Gasteiger partial charge is 0.254 e. The molecule has 0 bridgehead atoms. The van der Waals surface area contributed by atoms with Crippen LogP contribution in [0.4, 0.5) is 0 Å². The van der Waals surface area contributed by atoms with Crippen LogP contribution in [0.1, 0.15) is 49.0 Å². The summed E-state index contributed by atoms with van der Waals surface area (Å²) in [7, 11) is -3.58. The van der Waals surface area contributed by atoms with Crippen molar-refractivity contribution in [2.45, 2.75) is 51.0 Å². The fourth-order valence-corrected chi connectivity index (χ4v) is 5.13. The van der Waals surface area contributed by atoms with Crippen molar-refractivity contribution in [3.63, 3.8) is 0 Å². The first kappa shape index (κ1) is 20.3. The normalized spacial score (nSPS) is 20.2. The fraction of sp³-hybridized carbons (Fsp3) is 0.650. The van der Waals surface area contributed by atoms with Crippen LogP contribution in [0.3, 0.4) is 0 Å². The minimum Gasteiger partial charge on any atom is -0.381 e. The number of rotatable bonds is 8. The van der Waals surface area contributed by atoms with Crippen molar-refractivity contribution in [1.29, 1.82) is 0 Å². The van der Waals surface area contributed by atoms with Gasteiger partial charge in [0.25, 0.3) is 5.91 Å². The summed E-state index contributed by atoms with van der Waals surface area (Å²) in [5.74, 6) is 0.316. The molecule has 1 unspecified atom stereocenters. The Labute approximate surface area is 162 Å². The molecule has 0 N–H and O–H groups in total. The van der Waals surface area contributed by atoms with Gasteiger partial charge in [0.15, 0.2) is 0 Å². The number of benzene rings is 1. The van der Waals surface area contributed by atoms with Gasteiger partial charge < -0.3 is 9.64 Å². The Balaban J connectivity index is 1.89. The Morgan fingerprint density at radius 1 is 1.19 bits per heavy atom. The fourth-order valence-electron chi connectivity index (χ4n) is 3.65. The lowest BCUT2D eigenvalue weighted by Crippen LogP contribution is -2.38. The van der Waals surface area contributed by atoms with Crippen LogP contribution in [-0.2, 0) is 14.8 Å². The highest BCUT2D eigenvalue weighted by Gasteiger charge is 2.36. The van der Waals surface area contributed by atoms with E-state index in [0.717, 1.165) is 31.4 Å². The van der Waals surface area contributed by atoms with E-state index in [2.05, 4.69) is 0 Å². The highest BCUT2D eigenvalue weighted by atomic mass is 32.2. The number of ether oxygens (including phenoxy) is 1. The van der Waals surface area contributed by atoms with E-state index in [1.807, 2.05) is 25.7 Å². The molecular weight excluding hydrogens is 364 g/mol. The van der Waals surface area contributed by atoms with Gasteiger partial charge in [0.05, 0.1) is 11.5 Å². The van der Waals surface area contributed by atoms with Crippen LogP contribution in [0.5, 0.6) is 0 Å². The van der Waals surface area contributed by atoms with E-state index >= 15 is 0 Å². The number of sulfonamides is 1. The quantitative estimate of drug-likeness (QED) is 0.680. The Kier molecular flexibility index (Phi) is 6.23. The van der Waals surface area contributed by atoms with Crippen LogP contribution < -0.4 is 0 Å². The molecule has 0 aromatic heterocycles. The van der Waals surface area contributed by atoms with Gasteiger partial charge in [-0.25, -0.2) is 8.42 Å². The molecule has 2 fully saturated rings. The van der Waals surface area contributed by atoms with Crippen LogP contribution in [0.2, 0.25) is 0 Å². The molecule has 1 aliphatic heterocycles. The molecule has 1 saturated carbocycles. The number of carbonyl (C=O) groups excluding carboxylic acids is 1. The predicted molar refractivity (Wildman–Crippen MR) is 104 cm³/mol. The van der Waals surface area contributed by atoms with E-state index in [0.29, 0.717) is 37.7 Å². The van der Waals surface area contributed by atoms with E-state index in [4.69, 9.17) is 4.74 Å². The first-order chi connectivity index (χ1) is 12.9. The molecule has 1 aliphatic carbocycles. The number of aryl methyl sites for hydroxylation is 1. The second kappa shape index (κ2) is 8.29. The number of hydrogen-bond donors (Lipinski definition) is 0. The maximum absolute atomic E-state index is 13.3. The summed E-state index contributed by atoms with van der Waals surface area (Å²) in [6, 6.07) is 5.19. The van der Waals surface area contributed by atoms with Crippen LogP contribution in [0, 0.1) is 12.8 Å². The zero-order valence-electron chi connectivity index (χ0n) is 16.5. The average Bonchev–Trinajstić information content (AvgIpc) is 3.36. The van der Waals surface area contributed by atoms with Gasteiger partial charge in [-0.05, 0) is 43.9 Å². The van der Waals surface area contributed by atoms with Gasteiger partial charge in [0, 0.05) is 43.8 Å². The van der Waals surface area contributed by atoms with Gasteiger partial charge in [-0.3, -0.25) is 4.79 Å². The number of carbonyl (C=O) groups is 1. The van der Waals surface area contributed by atoms with Crippen molar-refractivity contribution in [3.05, 3.63) is 29.3 Å². The molecule has 6 nitrogen and oxygen atoms in total. The number of nitrogens with zero attached hydrogens (tertiary/aromatic N) is 2. The van der Waals surface area contributed by atoms with Crippen LogP contribution in [-0.4, -0.2) is 62.4 Å². The molecule has 150 valence electrons. The topological polar surface area (TPSA) is 66.9 Å². The zero-order valence-corrected chi connectivity index (χ0v) is 17.3. The average molecular weight is 395 g/mol. The molecule has 1 aromatic carbocycles. The molecule has 7 heteroatoms. The number of hydrogen-bond acceptors (Lipinski definition) is 4. The standard InChI is InChI=1S/C20H30N2O4S/c1-4-21(5-2)27(24,25)18-9-6-15(3)19(12-18)20(23)22(17-7-8-17)13-16-10-11-26-14-16/h6,9,12,16-17H,4-5,7-8,10-11,13-14H2,1-3H3. The summed E-state index contributed by atoms with van der Waals surface area (Å²) < 4.78 is 32.6. The lowest BCUT2D eigenvalue weighted by atomic mass is 10.0. The van der Waals surface area contributed by atoms with Gasteiger partial charge in [0.2, 0.25) is 10.0 Å². The summed E-state index contributed by atoms with van der Waals surface area (Å²) in [5, 5.41) is 0. The van der Waals surface area contributed by atoms with Crippen LogP contribution in [0.15, 0.2) is 23.1 Å². The summed E-state index contributed by atoms with van der Waals surface area (Å²) in [6.07, 6.45) is 3.03. The highest BCUT2D eigenvalue weighted by Crippen LogP contribution is 2.31. The minimum atomic E-state index is -3.58. The summed E-state index contributed by atoms with van der Waals surface area (Å²) in [4.78, 5) is 15.4. The van der Waals surface area contributed by atoms with Crippen molar-refractivity contribution in [3.8, 4) is 0 Å². The van der Waals surface area contributed by atoms with E-state index in [9.17, 15) is 13.2 Å². The summed E-state index contributed by atoms with van der Waals surface area (Å²) in [6.45, 7) is 8.47. The van der Waals surface area contributed by atoms with Crippen molar-refractivity contribution in [2.24, 2.45) is 5.92 Å². The van der Waals surface area contributed by atoms with Gasteiger partial charge in [-0.1, -0.05) is 19.9 Å². The Morgan fingerprint density at radius 3 is 2.44 bits per heavy atom. The minimum absolute atomic E-state index is 0.0569. The Bertz CT molecular complexity index is 779. The van der Waals surface area contributed by atoms with Crippen molar-refractivity contribution >= 4 is 15.9 Å². The summed E-state index contributed by atoms with van der Waals surface area (Å²) in [5.41, 5.74) is 1.31. The first-order valence-electron chi connectivity index (χ1n) is 9.88. The van der Waals surface area contributed by atoms with Crippen LogP contribution in [0.25, 0.3) is 0 Å². The highest BCUT2D eigenvalue weighted by molar-refractivity contribution is 7.89. The molecule has 1 heterocycles. The SMILES string of the molecule is CCN(CC)S(=O)(=O)c1ccc(C)c(C(=O)N(CC2CCOC2)C2CC2)c1. The number of amides is 1. The lowest BCUT2D eigenvalue weighted by Gasteiger charge is -2.26. The third-order valence-corrected chi connectivity index (χ3v) is 7.56. The third-order valence-electron chi connectivity index (χ3n) is 5.51. The maximum Gasteiger partial charge on any atom is 0.254 e. The second-order valence-electron chi connectivity index (χ2n) is 7.48.